The van der Waals surface area contributed by atoms with E-state index in [4.69, 9.17) is 17.3 Å². The van der Waals surface area contributed by atoms with Crippen LogP contribution in [0.2, 0.25) is 5.02 Å². The minimum absolute atomic E-state index is 0.00611. The molecule has 0 aliphatic rings. The summed E-state index contributed by atoms with van der Waals surface area (Å²) in [5, 5.41) is 0.700. The Labute approximate surface area is 136 Å². The molecule has 4 heteroatoms. The van der Waals surface area contributed by atoms with E-state index in [1.807, 2.05) is 31.3 Å². The van der Waals surface area contributed by atoms with Crippen LogP contribution < -0.4 is 5.73 Å². The predicted octanol–water partition coefficient (Wildman–Crippen LogP) is 4.54. The molecule has 0 fully saturated rings. The van der Waals surface area contributed by atoms with Crippen LogP contribution in [0.25, 0.3) is 0 Å². The largest absolute Gasteiger partial charge is 0.399 e. The molecular weight excluding hydrogens is 296 g/mol. The van der Waals surface area contributed by atoms with Gasteiger partial charge in [-0.15, -0.1) is 0 Å². The van der Waals surface area contributed by atoms with Gasteiger partial charge in [-0.25, -0.2) is 0 Å². The Morgan fingerprint density at radius 1 is 1.14 bits per heavy atom. The molecule has 22 heavy (non-hydrogen) atoms. The van der Waals surface area contributed by atoms with Gasteiger partial charge in [0.2, 0.25) is 0 Å². The van der Waals surface area contributed by atoms with Crippen molar-refractivity contribution >= 4 is 23.2 Å². The van der Waals surface area contributed by atoms with Crippen LogP contribution in [0, 0.1) is 0 Å². The van der Waals surface area contributed by atoms with Crippen molar-refractivity contribution in [3.63, 3.8) is 0 Å². The highest BCUT2D eigenvalue weighted by Gasteiger charge is 2.22. The molecule has 0 unspecified atom stereocenters. The van der Waals surface area contributed by atoms with Gasteiger partial charge in [0, 0.05) is 23.3 Å². The molecule has 0 aliphatic heterocycles. The third kappa shape index (κ3) is 3.80. The van der Waals surface area contributed by atoms with Gasteiger partial charge in [0.05, 0.1) is 6.04 Å². The number of nitrogen functional groups attached to an aromatic ring is 1. The number of rotatable bonds is 5. The molecule has 0 radical (unpaired) electrons. The third-order valence-corrected chi connectivity index (χ3v) is 4.01. The third-order valence-electron chi connectivity index (χ3n) is 3.76. The van der Waals surface area contributed by atoms with Crippen LogP contribution in [0.1, 0.15) is 41.7 Å². The van der Waals surface area contributed by atoms with E-state index in [2.05, 4.69) is 6.92 Å². The van der Waals surface area contributed by atoms with Gasteiger partial charge < -0.3 is 10.6 Å². The van der Waals surface area contributed by atoms with Crippen molar-refractivity contribution in [2.24, 2.45) is 0 Å². The Balaban J connectivity index is 2.25. The fraction of sp³-hybridized carbons (Fsp3) is 0.278. The molecule has 3 nitrogen and oxygen atoms in total. The molecule has 1 amide bonds. The minimum atomic E-state index is -0.00611. The highest BCUT2D eigenvalue weighted by atomic mass is 35.5. The molecule has 116 valence electrons. The zero-order chi connectivity index (χ0) is 16.1. The molecule has 0 bridgehead atoms. The van der Waals surface area contributed by atoms with Crippen molar-refractivity contribution in [1.29, 1.82) is 0 Å². The van der Waals surface area contributed by atoms with Crippen LogP contribution in [-0.2, 0) is 0 Å². The summed E-state index contributed by atoms with van der Waals surface area (Å²) in [6.45, 7) is 2.12. The van der Waals surface area contributed by atoms with Gasteiger partial charge in [0.1, 0.15) is 0 Å². The summed E-state index contributed by atoms with van der Waals surface area (Å²) in [5.41, 5.74) is 8.07. The van der Waals surface area contributed by atoms with E-state index in [9.17, 15) is 4.79 Å². The van der Waals surface area contributed by atoms with Gasteiger partial charge in [-0.3, -0.25) is 4.79 Å². The van der Waals surface area contributed by atoms with Crippen LogP contribution in [0.4, 0.5) is 5.69 Å². The molecule has 0 heterocycles. The molecule has 2 aromatic rings. The molecule has 0 aliphatic carbocycles. The van der Waals surface area contributed by atoms with E-state index in [0.717, 1.165) is 18.4 Å². The van der Waals surface area contributed by atoms with Crippen LogP contribution in [0.15, 0.2) is 48.5 Å². The predicted molar refractivity (Wildman–Crippen MR) is 92.0 cm³/mol. The number of amides is 1. The second-order valence-corrected chi connectivity index (χ2v) is 5.83. The number of carbonyl (C=O) groups is 1. The molecule has 0 saturated carbocycles. The first-order chi connectivity index (χ1) is 10.5. The number of nitrogens with two attached hydrogens (primary N) is 1. The topological polar surface area (TPSA) is 46.3 Å². The SMILES string of the molecule is CCC[C@H](c1ccc(Cl)cc1)N(C)C(=O)c1ccc(N)cc1. The molecular formula is C18H21ClN2O. The number of hydrogen-bond acceptors (Lipinski definition) is 2. The van der Waals surface area contributed by atoms with Crippen molar-refractivity contribution in [2.45, 2.75) is 25.8 Å². The lowest BCUT2D eigenvalue weighted by Gasteiger charge is -2.28. The van der Waals surface area contributed by atoms with Crippen molar-refractivity contribution in [3.05, 3.63) is 64.7 Å². The normalized spacial score (nSPS) is 12.0. The van der Waals surface area contributed by atoms with Gasteiger partial charge in [-0.1, -0.05) is 37.1 Å². The van der Waals surface area contributed by atoms with E-state index in [1.54, 1.807) is 29.2 Å². The summed E-state index contributed by atoms with van der Waals surface area (Å²) >= 11 is 5.95. The molecule has 1 atom stereocenters. The molecule has 2 rings (SSSR count). The lowest BCUT2D eigenvalue weighted by atomic mass is 10.00. The monoisotopic (exact) mass is 316 g/mol. The zero-order valence-corrected chi connectivity index (χ0v) is 13.7. The maximum Gasteiger partial charge on any atom is 0.254 e. The molecule has 0 saturated heterocycles. The van der Waals surface area contributed by atoms with Gasteiger partial charge in [0.25, 0.3) is 5.91 Å². The number of nitrogens with zero attached hydrogens (tertiary/aromatic N) is 1. The van der Waals surface area contributed by atoms with E-state index >= 15 is 0 Å². The summed E-state index contributed by atoms with van der Waals surface area (Å²) in [6, 6.07) is 14.7. The number of anilines is 1. The standard InChI is InChI=1S/C18H21ClN2O/c1-3-4-17(13-5-9-15(19)10-6-13)21(2)18(22)14-7-11-16(20)12-8-14/h5-12,17H,3-4,20H2,1-2H3/t17-/m1/s1. The maximum atomic E-state index is 12.7. The molecule has 0 spiro atoms. The fourth-order valence-corrected chi connectivity index (χ4v) is 2.64. The van der Waals surface area contributed by atoms with Crippen LogP contribution >= 0.6 is 11.6 Å². The number of halogens is 1. The fourth-order valence-electron chi connectivity index (χ4n) is 2.51. The first kappa shape index (κ1) is 16.4. The Bertz CT molecular complexity index is 623. The Morgan fingerprint density at radius 3 is 2.27 bits per heavy atom. The van der Waals surface area contributed by atoms with Gasteiger partial charge >= 0.3 is 0 Å². The number of benzene rings is 2. The first-order valence-corrected chi connectivity index (χ1v) is 7.79. The van der Waals surface area contributed by atoms with Crippen molar-refractivity contribution in [1.82, 2.24) is 4.90 Å². The first-order valence-electron chi connectivity index (χ1n) is 7.41. The van der Waals surface area contributed by atoms with Crippen LogP contribution in [-0.4, -0.2) is 17.9 Å². The Hall–Kier alpha value is -2.00. The average Bonchev–Trinajstić information content (AvgIpc) is 2.53. The highest BCUT2D eigenvalue weighted by molar-refractivity contribution is 6.30. The quantitative estimate of drug-likeness (QED) is 0.823. The molecule has 2 aromatic carbocycles. The number of hydrogen-bond donors (Lipinski definition) is 1. The summed E-state index contributed by atoms with van der Waals surface area (Å²) in [7, 11) is 1.84. The molecule has 0 aromatic heterocycles. The molecule has 2 N–H and O–H groups in total. The van der Waals surface area contributed by atoms with Gasteiger partial charge in [0.15, 0.2) is 0 Å². The van der Waals surface area contributed by atoms with E-state index in [1.165, 1.54) is 0 Å². The lowest BCUT2D eigenvalue weighted by Crippen LogP contribution is -2.31. The summed E-state index contributed by atoms with van der Waals surface area (Å²) in [5.74, 6) is -0.00611. The van der Waals surface area contributed by atoms with E-state index in [0.29, 0.717) is 16.3 Å². The summed E-state index contributed by atoms with van der Waals surface area (Å²) in [4.78, 5) is 14.5. The van der Waals surface area contributed by atoms with Crippen molar-refractivity contribution < 1.29 is 4.79 Å². The second kappa shape index (κ2) is 7.32. The van der Waals surface area contributed by atoms with Crippen LogP contribution in [0.3, 0.4) is 0 Å². The second-order valence-electron chi connectivity index (χ2n) is 5.39. The lowest BCUT2D eigenvalue weighted by molar-refractivity contribution is 0.0722. The van der Waals surface area contributed by atoms with E-state index in [-0.39, 0.29) is 11.9 Å². The smallest absolute Gasteiger partial charge is 0.254 e. The van der Waals surface area contributed by atoms with Crippen LogP contribution in [0.5, 0.6) is 0 Å². The minimum Gasteiger partial charge on any atom is -0.399 e. The van der Waals surface area contributed by atoms with Gasteiger partial charge in [-0.2, -0.15) is 0 Å². The Morgan fingerprint density at radius 2 is 1.73 bits per heavy atom. The number of carbonyl (C=O) groups excluding carboxylic acids is 1. The van der Waals surface area contributed by atoms with Crippen molar-refractivity contribution in [2.75, 3.05) is 12.8 Å². The van der Waals surface area contributed by atoms with Gasteiger partial charge in [-0.05, 0) is 48.4 Å². The van der Waals surface area contributed by atoms with E-state index < -0.39 is 0 Å². The maximum absolute atomic E-state index is 12.7. The average molecular weight is 317 g/mol. The van der Waals surface area contributed by atoms with Crippen molar-refractivity contribution in [3.8, 4) is 0 Å². The zero-order valence-electron chi connectivity index (χ0n) is 12.9. The summed E-state index contributed by atoms with van der Waals surface area (Å²) in [6.07, 6.45) is 1.89. The highest BCUT2D eigenvalue weighted by Crippen LogP contribution is 2.27. The Kier molecular flexibility index (Phi) is 5.45. The summed E-state index contributed by atoms with van der Waals surface area (Å²) < 4.78 is 0.